The Kier molecular flexibility index (Phi) is 3.94. The Morgan fingerprint density at radius 3 is 3.18 bits per heavy atom. The molecule has 0 aromatic carbocycles. The Morgan fingerprint density at radius 2 is 2.27 bits per heavy atom. The smallest absolute Gasteiger partial charge is 0.191 e. The molecule has 1 aliphatic heterocycles. The zero-order chi connectivity index (χ0) is 14.8. The number of hydrogen-bond acceptors (Lipinski definition) is 6. The third kappa shape index (κ3) is 2.80. The molecule has 1 N–H and O–H groups in total. The molecule has 22 heavy (non-hydrogen) atoms. The summed E-state index contributed by atoms with van der Waals surface area (Å²) >= 11 is 3.32. The van der Waals surface area contributed by atoms with Crippen LogP contribution in [0.5, 0.6) is 0 Å². The fourth-order valence-electron chi connectivity index (χ4n) is 2.57. The highest BCUT2D eigenvalue weighted by atomic mass is 32.2. The molecule has 0 radical (unpaired) electrons. The van der Waals surface area contributed by atoms with Gasteiger partial charge in [0.25, 0.3) is 0 Å². The number of hydrogen-bond donors (Lipinski definition) is 1. The molecule has 0 unspecified atom stereocenters. The van der Waals surface area contributed by atoms with Crippen LogP contribution in [0, 0.1) is 0 Å². The normalized spacial score (nSPS) is 14.7. The SMILES string of the molecule is c1csc(-c2n[nH]c(CSc3nnc4n3CCCCC4)n2)c1. The Hall–Kier alpha value is -1.67. The van der Waals surface area contributed by atoms with Gasteiger partial charge in [-0.3, -0.25) is 5.10 Å². The highest BCUT2D eigenvalue weighted by Crippen LogP contribution is 2.25. The summed E-state index contributed by atoms with van der Waals surface area (Å²) in [5, 5.41) is 19.0. The van der Waals surface area contributed by atoms with Crippen molar-refractivity contribution >= 4 is 23.1 Å². The van der Waals surface area contributed by atoms with Crippen molar-refractivity contribution in [2.75, 3.05) is 0 Å². The molecule has 1 aliphatic rings. The minimum atomic E-state index is 0.733. The van der Waals surface area contributed by atoms with E-state index in [1.54, 1.807) is 23.1 Å². The lowest BCUT2D eigenvalue weighted by molar-refractivity contribution is 0.591. The van der Waals surface area contributed by atoms with E-state index in [4.69, 9.17) is 0 Å². The second-order valence-corrected chi connectivity index (χ2v) is 7.12. The molecule has 0 bridgehead atoms. The number of fused-ring (bicyclic) bond motifs is 1. The second-order valence-electron chi connectivity index (χ2n) is 5.23. The molecule has 6 nitrogen and oxygen atoms in total. The number of aromatic nitrogens is 6. The predicted octanol–water partition coefficient (Wildman–Crippen LogP) is 3.14. The van der Waals surface area contributed by atoms with Gasteiger partial charge in [-0.05, 0) is 24.3 Å². The predicted molar refractivity (Wildman–Crippen MR) is 86.8 cm³/mol. The summed E-state index contributed by atoms with van der Waals surface area (Å²) < 4.78 is 2.26. The molecule has 0 spiro atoms. The summed E-state index contributed by atoms with van der Waals surface area (Å²) in [4.78, 5) is 5.64. The topological polar surface area (TPSA) is 72.3 Å². The number of H-pyrrole nitrogens is 1. The molecule has 4 heterocycles. The van der Waals surface area contributed by atoms with Gasteiger partial charge in [0.05, 0.1) is 10.6 Å². The minimum absolute atomic E-state index is 0.733. The van der Waals surface area contributed by atoms with Crippen molar-refractivity contribution in [3.8, 4) is 10.7 Å². The first kappa shape index (κ1) is 14.0. The van der Waals surface area contributed by atoms with E-state index < -0.39 is 0 Å². The van der Waals surface area contributed by atoms with Crippen molar-refractivity contribution in [1.82, 2.24) is 29.9 Å². The van der Waals surface area contributed by atoms with Gasteiger partial charge in [0.1, 0.15) is 11.6 Å². The Balaban J connectivity index is 1.46. The highest BCUT2D eigenvalue weighted by molar-refractivity contribution is 7.98. The van der Waals surface area contributed by atoms with Crippen molar-refractivity contribution < 1.29 is 0 Å². The molecule has 114 valence electrons. The fourth-order valence-corrected chi connectivity index (χ4v) is 4.08. The van der Waals surface area contributed by atoms with Gasteiger partial charge in [0, 0.05) is 13.0 Å². The number of aromatic amines is 1. The second kappa shape index (κ2) is 6.21. The van der Waals surface area contributed by atoms with Gasteiger partial charge in [0.2, 0.25) is 0 Å². The van der Waals surface area contributed by atoms with Crippen LogP contribution in [-0.4, -0.2) is 29.9 Å². The number of aryl methyl sites for hydroxylation is 1. The average molecular weight is 332 g/mol. The minimum Gasteiger partial charge on any atom is -0.306 e. The van der Waals surface area contributed by atoms with Crippen molar-refractivity contribution in [1.29, 1.82) is 0 Å². The van der Waals surface area contributed by atoms with E-state index in [1.807, 2.05) is 17.5 Å². The lowest BCUT2D eigenvalue weighted by Gasteiger charge is -2.05. The van der Waals surface area contributed by atoms with Crippen LogP contribution >= 0.6 is 23.1 Å². The molecule has 0 fully saturated rings. The summed E-state index contributed by atoms with van der Waals surface area (Å²) in [5.74, 6) is 3.50. The maximum Gasteiger partial charge on any atom is 0.191 e. The Labute approximate surface area is 136 Å². The van der Waals surface area contributed by atoms with E-state index in [1.165, 1.54) is 19.3 Å². The lowest BCUT2D eigenvalue weighted by Crippen LogP contribution is -2.02. The molecule has 0 aliphatic carbocycles. The quantitative estimate of drug-likeness (QED) is 0.743. The number of rotatable bonds is 4. The van der Waals surface area contributed by atoms with Gasteiger partial charge >= 0.3 is 0 Å². The average Bonchev–Trinajstić information content (AvgIpc) is 3.24. The maximum atomic E-state index is 4.55. The number of nitrogens with one attached hydrogen (secondary N) is 1. The summed E-state index contributed by atoms with van der Waals surface area (Å²) in [6, 6.07) is 4.04. The summed E-state index contributed by atoms with van der Waals surface area (Å²) in [6.45, 7) is 1.03. The molecule has 8 heteroatoms. The Morgan fingerprint density at radius 1 is 1.27 bits per heavy atom. The molecular weight excluding hydrogens is 316 g/mol. The van der Waals surface area contributed by atoms with Crippen molar-refractivity contribution in [3.05, 3.63) is 29.2 Å². The van der Waals surface area contributed by atoms with Gasteiger partial charge < -0.3 is 4.57 Å². The van der Waals surface area contributed by atoms with E-state index >= 15 is 0 Å². The van der Waals surface area contributed by atoms with E-state index in [0.29, 0.717) is 0 Å². The summed E-state index contributed by atoms with van der Waals surface area (Å²) in [6.07, 6.45) is 4.75. The summed E-state index contributed by atoms with van der Waals surface area (Å²) in [5.41, 5.74) is 0. The first-order valence-electron chi connectivity index (χ1n) is 7.40. The molecule has 0 saturated carbocycles. The number of thiophene rings is 1. The van der Waals surface area contributed by atoms with Crippen LogP contribution in [0.25, 0.3) is 10.7 Å². The van der Waals surface area contributed by atoms with E-state index in [0.717, 1.165) is 46.2 Å². The molecule has 3 aromatic rings. The number of thioether (sulfide) groups is 1. The monoisotopic (exact) mass is 332 g/mol. The largest absolute Gasteiger partial charge is 0.306 e. The highest BCUT2D eigenvalue weighted by Gasteiger charge is 2.16. The van der Waals surface area contributed by atoms with Gasteiger partial charge in [-0.2, -0.15) is 5.10 Å². The molecular formula is C14H16N6S2. The lowest BCUT2D eigenvalue weighted by atomic mass is 10.2. The maximum absolute atomic E-state index is 4.55. The van der Waals surface area contributed by atoms with Crippen molar-refractivity contribution in [2.45, 2.75) is 43.1 Å². The van der Waals surface area contributed by atoms with Crippen LogP contribution in [0.2, 0.25) is 0 Å². The van der Waals surface area contributed by atoms with E-state index in [2.05, 4.69) is 29.9 Å². The molecule has 0 amide bonds. The van der Waals surface area contributed by atoms with Crippen molar-refractivity contribution in [3.63, 3.8) is 0 Å². The third-order valence-corrected chi connectivity index (χ3v) is 5.53. The molecule has 3 aromatic heterocycles. The summed E-state index contributed by atoms with van der Waals surface area (Å²) in [7, 11) is 0. The number of nitrogens with zero attached hydrogens (tertiary/aromatic N) is 5. The molecule has 4 rings (SSSR count). The van der Waals surface area contributed by atoms with Gasteiger partial charge in [-0.15, -0.1) is 21.5 Å². The van der Waals surface area contributed by atoms with Crippen LogP contribution in [0.15, 0.2) is 22.7 Å². The Bertz CT molecular complexity index is 745. The van der Waals surface area contributed by atoms with Gasteiger partial charge in [-0.1, -0.05) is 24.2 Å². The first-order chi connectivity index (χ1) is 10.9. The van der Waals surface area contributed by atoms with Crippen LogP contribution < -0.4 is 0 Å². The van der Waals surface area contributed by atoms with Crippen LogP contribution in [0.4, 0.5) is 0 Å². The van der Waals surface area contributed by atoms with Crippen molar-refractivity contribution in [2.24, 2.45) is 0 Å². The van der Waals surface area contributed by atoms with E-state index in [-0.39, 0.29) is 0 Å². The van der Waals surface area contributed by atoms with Gasteiger partial charge in [0.15, 0.2) is 11.0 Å². The molecule has 0 atom stereocenters. The third-order valence-electron chi connectivity index (χ3n) is 3.69. The zero-order valence-corrected chi connectivity index (χ0v) is 13.7. The van der Waals surface area contributed by atoms with Crippen LogP contribution in [0.3, 0.4) is 0 Å². The zero-order valence-electron chi connectivity index (χ0n) is 12.0. The van der Waals surface area contributed by atoms with Crippen LogP contribution in [0.1, 0.15) is 30.9 Å². The fraction of sp³-hybridized carbons (Fsp3) is 0.429. The standard InChI is InChI=1S/C14H16N6S2/c1-2-6-12-17-19-14(20(12)7-3-1)22-9-11-15-13(18-16-11)10-5-4-8-21-10/h4-5,8H,1-3,6-7,9H2,(H,15,16,18). The van der Waals surface area contributed by atoms with E-state index in [9.17, 15) is 0 Å². The molecule has 0 saturated heterocycles. The van der Waals surface area contributed by atoms with Gasteiger partial charge in [-0.25, -0.2) is 4.98 Å². The first-order valence-corrected chi connectivity index (χ1v) is 9.27. The van der Waals surface area contributed by atoms with Crippen LogP contribution in [-0.2, 0) is 18.7 Å².